The maximum absolute atomic E-state index is 12.1. The molecular formula is C15H25NO2S. The maximum Gasteiger partial charge on any atom is 0.123 e. The minimum absolute atomic E-state index is 0.0827. The van der Waals surface area contributed by atoms with E-state index in [0.717, 1.165) is 24.3 Å². The van der Waals surface area contributed by atoms with E-state index >= 15 is 0 Å². The monoisotopic (exact) mass is 283 g/mol. The van der Waals surface area contributed by atoms with Gasteiger partial charge in [-0.2, -0.15) is 0 Å². The van der Waals surface area contributed by atoms with E-state index in [1.54, 1.807) is 7.11 Å². The lowest BCUT2D eigenvalue weighted by atomic mass is 10.1. The second-order valence-corrected chi connectivity index (χ2v) is 6.88. The summed E-state index contributed by atoms with van der Waals surface area (Å²) in [5, 5.41) is 3.65. The Balaban J connectivity index is 2.91. The van der Waals surface area contributed by atoms with Gasteiger partial charge >= 0.3 is 0 Å². The third-order valence-electron chi connectivity index (χ3n) is 3.01. The van der Waals surface area contributed by atoms with Crippen LogP contribution in [0.15, 0.2) is 24.3 Å². The third kappa shape index (κ3) is 4.96. The van der Waals surface area contributed by atoms with Gasteiger partial charge in [-0.05, 0) is 19.0 Å². The lowest BCUT2D eigenvalue weighted by molar-refractivity contribution is 0.402. The van der Waals surface area contributed by atoms with Crippen LogP contribution in [0.2, 0.25) is 0 Å². The summed E-state index contributed by atoms with van der Waals surface area (Å²) < 4.78 is 17.5. The number of hydrogen-bond donors (Lipinski definition) is 1. The van der Waals surface area contributed by atoms with Crippen molar-refractivity contribution in [3.8, 4) is 5.75 Å². The minimum atomic E-state index is -0.834. The Morgan fingerprint density at radius 3 is 2.58 bits per heavy atom. The molecule has 0 aliphatic heterocycles. The van der Waals surface area contributed by atoms with Crippen molar-refractivity contribution < 1.29 is 8.95 Å². The second-order valence-electron chi connectivity index (χ2n) is 4.84. The van der Waals surface area contributed by atoms with Crippen LogP contribution in [0.4, 0.5) is 0 Å². The summed E-state index contributed by atoms with van der Waals surface area (Å²) in [6.45, 7) is 7.04. The molecule has 3 nitrogen and oxygen atoms in total. The zero-order chi connectivity index (χ0) is 14.3. The largest absolute Gasteiger partial charge is 0.496 e. The Morgan fingerprint density at radius 1 is 1.32 bits per heavy atom. The van der Waals surface area contributed by atoms with E-state index < -0.39 is 10.8 Å². The fourth-order valence-electron chi connectivity index (χ4n) is 1.89. The summed E-state index contributed by atoms with van der Waals surface area (Å²) >= 11 is 0. The Morgan fingerprint density at radius 2 is 2.00 bits per heavy atom. The number of benzene rings is 1. The first-order chi connectivity index (χ1) is 9.10. The first-order valence-electron chi connectivity index (χ1n) is 6.83. The first-order valence-corrected chi connectivity index (χ1v) is 8.21. The van der Waals surface area contributed by atoms with Crippen molar-refractivity contribution >= 4 is 10.8 Å². The highest BCUT2D eigenvalue weighted by molar-refractivity contribution is 7.85. The van der Waals surface area contributed by atoms with E-state index in [1.807, 2.05) is 38.1 Å². The van der Waals surface area contributed by atoms with E-state index in [2.05, 4.69) is 12.2 Å². The average Bonchev–Trinajstić information content (AvgIpc) is 2.43. The van der Waals surface area contributed by atoms with Gasteiger partial charge in [0.2, 0.25) is 0 Å². The van der Waals surface area contributed by atoms with E-state index in [-0.39, 0.29) is 11.3 Å². The molecule has 19 heavy (non-hydrogen) atoms. The van der Waals surface area contributed by atoms with Gasteiger partial charge in [0.25, 0.3) is 0 Å². The summed E-state index contributed by atoms with van der Waals surface area (Å²) in [7, 11) is 0.842. The average molecular weight is 283 g/mol. The molecule has 2 atom stereocenters. The molecule has 0 aromatic heterocycles. The normalized spacial score (nSPS) is 14.4. The SMILES string of the molecule is CCCNC(CS(=O)C(C)C)c1ccccc1OC. The Kier molecular flexibility index (Phi) is 7.10. The lowest BCUT2D eigenvalue weighted by Crippen LogP contribution is -2.29. The molecule has 0 fully saturated rings. The zero-order valence-corrected chi connectivity index (χ0v) is 13.1. The molecule has 2 unspecified atom stereocenters. The quantitative estimate of drug-likeness (QED) is 0.797. The van der Waals surface area contributed by atoms with Crippen LogP contribution >= 0.6 is 0 Å². The molecule has 4 heteroatoms. The van der Waals surface area contributed by atoms with Crippen LogP contribution in [0.1, 0.15) is 38.8 Å². The van der Waals surface area contributed by atoms with E-state index in [9.17, 15) is 4.21 Å². The molecule has 1 aromatic rings. The Labute approximate surface area is 119 Å². The molecule has 0 saturated heterocycles. The summed E-state index contributed by atoms with van der Waals surface area (Å²) in [5.74, 6) is 1.48. The second kappa shape index (κ2) is 8.33. The molecule has 0 aliphatic rings. The van der Waals surface area contributed by atoms with Crippen LogP contribution < -0.4 is 10.1 Å². The lowest BCUT2D eigenvalue weighted by Gasteiger charge is -2.21. The molecule has 0 bridgehead atoms. The van der Waals surface area contributed by atoms with Crippen molar-refractivity contribution in [2.75, 3.05) is 19.4 Å². The van der Waals surface area contributed by atoms with Gasteiger partial charge < -0.3 is 10.1 Å². The highest BCUT2D eigenvalue weighted by atomic mass is 32.2. The fraction of sp³-hybridized carbons (Fsp3) is 0.600. The number of ether oxygens (including phenoxy) is 1. The topological polar surface area (TPSA) is 38.3 Å². The van der Waals surface area contributed by atoms with Gasteiger partial charge in [-0.25, -0.2) is 0 Å². The van der Waals surface area contributed by atoms with Gasteiger partial charge in [-0.15, -0.1) is 0 Å². The summed E-state index contributed by atoms with van der Waals surface area (Å²) in [4.78, 5) is 0. The number of para-hydroxylation sites is 1. The third-order valence-corrected chi connectivity index (χ3v) is 4.73. The Bertz CT molecular complexity index is 407. The highest BCUT2D eigenvalue weighted by Gasteiger charge is 2.19. The van der Waals surface area contributed by atoms with Gasteiger partial charge in [-0.1, -0.05) is 39.0 Å². The standard InChI is InChI=1S/C15H25NO2S/c1-5-10-16-14(11-19(17)12(2)3)13-8-6-7-9-15(13)18-4/h6-9,12,14,16H,5,10-11H2,1-4H3. The van der Waals surface area contributed by atoms with Crippen LogP contribution in [0, 0.1) is 0 Å². The molecule has 0 amide bonds. The van der Waals surface area contributed by atoms with Crippen LogP contribution in [-0.2, 0) is 10.8 Å². The van der Waals surface area contributed by atoms with Crippen molar-refractivity contribution in [2.45, 2.75) is 38.5 Å². The number of hydrogen-bond acceptors (Lipinski definition) is 3. The summed E-state index contributed by atoms with van der Waals surface area (Å²) in [5.41, 5.74) is 1.09. The predicted octanol–water partition coefficient (Wildman–Crippen LogP) is 2.89. The van der Waals surface area contributed by atoms with Crippen LogP contribution in [-0.4, -0.2) is 28.9 Å². The smallest absolute Gasteiger partial charge is 0.123 e. The first kappa shape index (κ1) is 16.2. The van der Waals surface area contributed by atoms with Crippen LogP contribution in [0.25, 0.3) is 0 Å². The molecule has 0 heterocycles. The van der Waals surface area contributed by atoms with Gasteiger partial charge in [0.1, 0.15) is 5.75 Å². The number of methoxy groups -OCH3 is 1. The number of rotatable bonds is 8. The summed E-state index contributed by atoms with van der Waals surface area (Å²) in [6.07, 6.45) is 1.06. The zero-order valence-electron chi connectivity index (χ0n) is 12.3. The molecular weight excluding hydrogens is 258 g/mol. The number of nitrogens with one attached hydrogen (secondary N) is 1. The molecule has 0 radical (unpaired) electrons. The Hall–Kier alpha value is -0.870. The van der Waals surface area contributed by atoms with Crippen LogP contribution in [0.3, 0.4) is 0 Å². The van der Waals surface area contributed by atoms with E-state index in [1.165, 1.54) is 0 Å². The molecule has 108 valence electrons. The van der Waals surface area contributed by atoms with E-state index in [4.69, 9.17) is 4.74 Å². The van der Waals surface area contributed by atoms with Gasteiger partial charge in [-0.3, -0.25) is 4.21 Å². The van der Waals surface area contributed by atoms with Crippen molar-refractivity contribution in [1.82, 2.24) is 5.32 Å². The predicted molar refractivity (Wildman–Crippen MR) is 82.2 cm³/mol. The molecule has 1 rings (SSSR count). The van der Waals surface area contributed by atoms with Crippen molar-refractivity contribution in [3.05, 3.63) is 29.8 Å². The maximum atomic E-state index is 12.1. The molecule has 0 saturated carbocycles. The van der Waals surface area contributed by atoms with Crippen molar-refractivity contribution in [1.29, 1.82) is 0 Å². The highest BCUT2D eigenvalue weighted by Crippen LogP contribution is 2.25. The fourth-order valence-corrected chi connectivity index (χ4v) is 2.90. The van der Waals surface area contributed by atoms with E-state index in [0.29, 0.717) is 5.75 Å². The minimum Gasteiger partial charge on any atom is -0.496 e. The van der Waals surface area contributed by atoms with Gasteiger partial charge in [0, 0.05) is 33.4 Å². The summed E-state index contributed by atoms with van der Waals surface area (Å²) in [6, 6.07) is 8.03. The molecule has 0 aliphatic carbocycles. The van der Waals surface area contributed by atoms with Crippen molar-refractivity contribution in [3.63, 3.8) is 0 Å². The molecule has 0 spiro atoms. The van der Waals surface area contributed by atoms with Crippen LogP contribution in [0.5, 0.6) is 5.75 Å². The molecule has 1 N–H and O–H groups in total. The van der Waals surface area contributed by atoms with Gasteiger partial charge in [0.05, 0.1) is 7.11 Å². The van der Waals surface area contributed by atoms with Crippen molar-refractivity contribution in [2.24, 2.45) is 0 Å². The van der Waals surface area contributed by atoms with Gasteiger partial charge in [0.15, 0.2) is 0 Å². The molecule has 1 aromatic carbocycles.